The molecular weight excluding hydrogens is 266 g/mol. The average molecular weight is 277 g/mol. The number of aromatic nitrogens is 3. The van der Waals surface area contributed by atoms with Crippen molar-refractivity contribution in [2.45, 2.75) is 25.4 Å². The number of nitrogens with zero attached hydrogens (tertiary/aromatic N) is 3. The van der Waals surface area contributed by atoms with Crippen molar-refractivity contribution in [2.24, 2.45) is 0 Å². The van der Waals surface area contributed by atoms with E-state index in [4.69, 9.17) is 11.6 Å². The van der Waals surface area contributed by atoms with E-state index in [1.165, 1.54) is 0 Å². The molecule has 0 amide bonds. The van der Waals surface area contributed by atoms with Crippen molar-refractivity contribution in [3.8, 4) is 11.4 Å². The van der Waals surface area contributed by atoms with Crippen LogP contribution in [0, 0.1) is 0 Å². The van der Waals surface area contributed by atoms with Gasteiger partial charge >= 0.3 is 5.69 Å². The van der Waals surface area contributed by atoms with Gasteiger partial charge in [0.15, 0.2) is 5.82 Å². The Morgan fingerprint density at radius 1 is 1.32 bits per heavy atom. The van der Waals surface area contributed by atoms with E-state index in [-0.39, 0.29) is 18.3 Å². The van der Waals surface area contributed by atoms with Crippen LogP contribution in [0.1, 0.15) is 18.9 Å². The van der Waals surface area contributed by atoms with Gasteiger partial charge in [-0.25, -0.2) is 9.48 Å². The first kappa shape index (κ1) is 12.2. The first-order valence-corrected chi connectivity index (χ1v) is 6.39. The van der Waals surface area contributed by atoms with Crippen LogP contribution in [0.5, 0.6) is 0 Å². The number of carbonyl (C=O) groups excluding carboxylic acids is 1. The van der Waals surface area contributed by atoms with E-state index in [1.807, 2.05) is 12.1 Å². The van der Waals surface area contributed by atoms with Crippen LogP contribution in [0.25, 0.3) is 11.4 Å². The van der Waals surface area contributed by atoms with Crippen LogP contribution in [0.2, 0.25) is 5.02 Å². The van der Waals surface area contributed by atoms with Crippen LogP contribution < -0.4 is 5.69 Å². The van der Waals surface area contributed by atoms with Crippen molar-refractivity contribution in [1.29, 1.82) is 0 Å². The zero-order valence-electron chi connectivity index (χ0n) is 10.0. The molecule has 5 nitrogen and oxygen atoms in total. The van der Waals surface area contributed by atoms with E-state index in [2.05, 4.69) is 5.10 Å². The summed E-state index contributed by atoms with van der Waals surface area (Å²) in [5.74, 6) is 0.583. The van der Waals surface area contributed by atoms with Crippen LogP contribution >= 0.6 is 11.6 Å². The second kappa shape index (κ2) is 4.66. The summed E-state index contributed by atoms with van der Waals surface area (Å²) in [5, 5.41) is 4.85. The topological polar surface area (TPSA) is 56.9 Å². The Balaban J connectivity index is 2.13. The molecule has 0 saturated heterocycles. The summed E-state index contributed by atoms with van der Waals surface area (Å²) in [7, 11) is 0. The normalized spacial score (nSPS) is 14.6. The van der Waals surface area contributed by atoms with Crippen molar-refractivity contribution in [2.75, 3.05) is 0 Å². The fourth-order valence-electron chi connectivity index (χ4n) is 2.04. The lowest BCUT2D eigenvalue weighted by Gasteiger charge is -2.03. The Morgan fingerprint density at radius 3 is 2.58 bits per heavy atom. The van der Waals surface area contributed by atoms with Gasteiger partial charge in [-0.1, -0.05) is 11.6 Å². The van der Waals surface area contributed by atoms with Crippen molar-refractivity contribution in [3.05, 3.63) is 39.8 Å². The van der Waals surface area contributed by atoms with E-state index < -0.39 is 0 Å². The fraction of sp³-hybridized carbons (Fsp3) is 0.308. The van der Waals surface area contributed by atoms with Crippen LogP contribution in [0.4, 0.5) is 0 Å². The second-order valence-corrected chi connectivity index (χ2v) is 4.95. The summed E-state index contributed by atoms with van der Waals surface area (Å²) in [4.78, 5) is 22.6. The SMILES string of the molecule is O=[C]Cn1nc(-c2ccc(Cl)cc2)n(C2CC2)c1=O. The average Bonchev–Trinajstić information content (AvgIpc) is 3.18. The van der Waals surface area contributed by atoms with Crippen LogP contribution in [-0.4, -0.2) is 20.6 Å². The van der Waals surface area contributed by atoms with Gasteiger partial charge in [0.1, 0.15) is 6.54 Å². The molecule has 0 N–H and O–H groups in total. The Hall–Kier alpha value is -1.88. The number of halogens is 1. The highest BCUT2D eigenvalue weighted by Gasteiger charge is 2.30. The van der Waals surface area contributed by atoms with Crippen molar-refractivity contribution in [3.63, 3.8) is 0 Å². The van der Waals surface area contributed by atoms with E-state index >= 15 is 0 Å². The molecule has 19 heavy (non-hydrogen) atoms. The highest BCUT2D eigenvalue weighted by atomic mass is 35.5. The highest BCUT2D eigenvalue weighted by molar-refractivity contribution is 6.30. The van der Waals surface area contributed by atoms with E-state index in [0.29, 0.717) is 10.8 Å². The Bertz CT molecular complexity index is 668. The minimum atomic E-state index is -0.254. The van der Waals surface area contributed by atoms with Gasteiger partial charge in [0.05, 0.1) is 0 Å². The fourth-order valence-corrected chi connectivity index (χ4v) is 2.17. The summed E-state index contributed by atoms with van der Waals surface area (Å²) in [6.07, 6.45) is 3.64. The zero-order valence-corrected chi connectivity index (χ0v) is 10.8. The quantitative estimate of drug-likeness (QED) is 0.856. The smallest absolute Gasteiger partial charge is 0.289 e. The minimum Gasteiger partial charge on any atom is -0.289 e. The van der Waals surface area contributed by atoms with Gasteiger partial charge in [-0.2, -0.15) is 0 Å². The lowest BCUT2D eigenvalue weighted by atomic mass is 10.2. The third-order valence-corrected chi connectivity index (χ3v) is 3.35. The highest BCUT2D eigenvalue weighted by Crippen LogP contribution is 2.36. The molecule has 1 aliphatic rings. The number of hydrogen-bond acceptors (Lipinski definition) is 3. The maximum absolute atomic E-state index is 12.2. The molecule has 1 radical (unpaired) electrons. The maximum atomic E-state index is 12.2. The van der Waals surface area contributed by atoms with E-state index in [1.54, 1.807) is 23.0 Å². The number of benzene rings is 1. The van der Waals surface area contributed by atoms with Gasteiger partial charge in [-0.05, 0) is 37.1 Å². The van der Waals surface area contributed by atoms with Crippen molar-refractivity contribution >= 4 is 17.9 Å². The van der Waals surface area contributed by atoms with Crippen molar-refractivity contribution < 1.29 is 4.79 Å². The first-order chi connectivity index (χ1) is 9.20. The van der Waals surface area contributed by atoms with Gasteiger partial charge < -0.3 is 0 Å². The molecular formula is C13H11ClN3O2. The zero-order chi connectivity index (χ0) is 13.4. The molecule has 0 spiro atoms. The molecule has 2 aromatic rings. The molecule has 1 saturated carbocycles. The molecule has 0 aliphatic heterocycles. The molecule has 1 fully saturated rings. The lowest BCUT2D eigenvalue weighted by Crippen LogP contribution is -2.25. The summed E-state index contributed by atoms with van der Waals surface area (Å²) < 4.78 is 2.80. The summed E-state index contributed by atoms with van der Waals surface area (Å²) in [6.45, 7) is -0.140. The van der Waals surface area contributed by atoms with Gasteiger partial charge in [0.25, 0.3) is 0 Å². The first-order valence-electron chi connectivity index (χ1n) is 6.01. The monoisotopic (exact) mass is 276 g/mol. The summed E-state index contributed by atoms with van der Waals surface area (Å²) in [5.41, 5.74) is 0.564. The predicted molar refractivity (Wildman–Crippen MR) is 70.9 cm³/mol. The van der Waals surface area contributed by atoms with Crippen LogP contribution in [0.15, 0.2) is 29.1 Å². The van der Waals surface area contributed by atoms with Crippen LogP contribution in [-0.2, 0) is 11.3 Å². The molecule has 1 aliphatic carbocycles. The third kappa shape index (κ3) is 2.21. The third-order valence-electron chi connectivity index (χ3n) is 3.10. The maximum Gasteiger partial charge on any atom is 0.346 e. The van der Waals surface area contributed by atoms with Gasteiger partial charge in [-0.3, -0.25) is 9.36 Å². The summed E-state index contributed by atoms with van der Waals surface area (Å²) >= 11 is 5.85. The predicted octanol–water partition coefficient (Wildman–Crippen LogP) is 1.81. The van der Waals surface area contributed by atoms with Gasteiger partial charge in [0, 0.05) is 16.6 Å². The minimum absolute atomic E-state index is 0.140. The van der Waals surface area contributed by atoms with E-state index in [0.717, 1.165) is 23.1 Å². The molecule has 1 aromatic carbocycles. The Kier molecular flexibility index (Phi) is 2.98. The molecule has 1 aromatic heterocycles. The Morgan fingerprint density at radius 2 is 2.00 bits per heavy atom. The largest absolute Gasteiger partial charge is 0.346 e. The molecule has 0 bridgehead atoms. The van der Waals surface area contributed by atoms with Crippen molar-refractivity contribution in [1.82, 2.24) is 14.3 Å². The molecule has 3 rings (SSSR count). The summed E-state index contributed by atoms with van der Waals surface area (Å²) in [6, 6.07) is 7.33. The second-order valence-electron chi connectivity index (χ2n) is 4.52. The van der Waals surface area contributed by atoms with Gasteiger partial charge in [-0.15, -0.1) is 5.10 Å². The number of rotatable bonds is 4. The Labute approximate surface area is 114 Å². The number of hydrogen-bond donors (Lipinski definition) is 0. The molecule has 0 unspecified atom stereocenters. The van der Waals surface area contributed by atoms with E-state index in [9.17, 15) is 9.59 Å². The molecule has 6 heteroatoms. The van der Waals surface area contributed by atoms with Gasteiger partial charge in [0.2, 0.25) is 6.29 Å². The molecule has 1 heterocycles. The lowest BCUT2D eigenvalue weighted by molar-refractivity contribution is 0.533. The standard InChI is InChI=1S/C13H11ClN3O2/c14-10-3-1-9(2-4-10)12-15-16(7-8-18)13(19)17(12)11-5-6-11/h1-4,11H,5-7H2. The molecule has 0 atom stereocenters. The van der Waals surface area contributed by atoms with Crippen LogP contribution in [0.3, 0.4) is 0 Å². The molecule has 97 valence electrons.